The number of halogens is 1. The number of aromatic amines is 1. The van der Waals surface area contributed by atoms with Crippen molar-refractivity contribution < 1.29 is 4.74 Å². The minimum Gasteiger partial charge on any atom is -0.487 e. The first kappa shape index (κ1) is 18.1. The van der Waals surface area contributed by atoms with Crippen molar-refractivity contribution in [1.29, 1.82) is 0 Å². The highest BCUT2D eigenvalue weighted by molar-refractivity contribution is 6.32. The van der Waals surface area contributed by atoms with Crippen LogP contribution in [0.2, 0.25) is 5.02 Å². The topological polar surface area (TPSA) is 41.2 Å². The number of benzene rings is 2. The summed E-state index contributed by atoms with van der Waals surface area (Å²) in [6.45, 7) is 5.88. The van der Waals surface area contributed by atoms with Gasteiger partial charge in [-0.2, -0.15) is 5.10 Å². The largest absolute Gasteiger partial charge is 0.487 e. The summed E-state index contributed by atoms with van der Waals surface area (Å²) in [5.41, 5.74) is 5.70. The van der Waals surface area contributed by atoms with Crippen molar-refractivity contribution in [2.24, 2.45) is 0 Å². The lowest BCUT2D eigenvalue weighted by Gasteiger charge is -2.26. The maximum Gasteiger partial charge on any atom is 0.138 e. The lowest BCUT2D eigenvalue weighted by molar-refractivity contribution is 0.254. The molecule has 0 radical (unpaired) electrons. The quantitative estimate of drug-likeness (QED) is 0.647. The summed E-state index contributed by atoms with van der Waals surface area (Å²) < 4.78 is 5.89. The number of hydrogen-bond acceptors (Lipinski definition) is 3. The molecule has 3 aromatic rings. The van der Waals surface area contributed by atoms with E-state index in [1.165, 1.54) is 17.7 Å². The van der Waals surface area contributed by atoms with Gasteiger partial charge in [-0.25, -0.2) is 0 Å². The van der Waals surface area contributed by atoms with Crippen molar-refractivity contribution in [3.8, 4) is 17.0 Å². The van der Waals surface area contributed by atoms with Crippen LogP contribution in [0, 0.1) is 0 Å². The first-order valence-corrected chi connectivity index (χ1v) is 9.87. The number of ether oxygens (including phenoxy) is 1. The van der Waals surface area contributed by atoms with Gasteiger partial charge in [0.15, 0.2) is 0 Å². The third-order valence-corrected chi connectivity index (χ3v) is 5.29. The van der Waals surface area contributed by atoms with Crippen LogP contribution >= 0.6 is 11.6 Å². The van der Waals surface area contributed by atoms with Gasteiger partial charge in [0.1, 0.15) is 12.4 Å². The Morgan fingerprint density at radius 2 is 2.04 bits per heavy atom. The summed E-state index contributed by atoms with van der Waals surface area (Å²) in [4.78, 5) is 2.49. The zero-order valence-electron chi connectivity index (χ0n) is 15.5. The molecular weight excluding hydrogens is 358 g/mol. The van der Waals surface area contributed by atoms with E-state index in [1.807, 2.05) is 48.5 Å². The predicted molar refractivity (Wildman–Crippen MR) is 109 cm³/mol. The summed E-state index contributed by atoms with van der Waals surface area (Å²) in [5.74, 6) is 0.696. The Bertz CT molecular complexity index is 907. The first-order valence-electron chi connectivity index (χ1n) is 9.49. The maximum absolute atomic E-state index is 6.50. The highest BCUT2D eigenvalue weighted by Gasteiger charge is 2.22. The van der Waals surface area contributed by atoms with Gasteiger partial charge in [-0.05, 0) is 36.7 Å². The maximum atomic E-state index is 6.50. The second-order valence-corrected chi connectivity index (χ2v) is 7.38. The average Bonchev–Trinajstić information content (AvgIpc) is 3.11. The molecule has 2 aromatic carbocycles. The summed E-state index contributed by atoms with van der Waals surface area (Å²) in [6.07, 6.45) is 2.19. The molecule has 1 aliphatic heterocycles. The van der Waals surface area contributed by atoms with Gasteiger partial charge in [-0.1, -0.05) is 48.9 Å². The zero-order valence-corrected chi connectivity index (χ0v) is 16.3. The van der Waals surface area contributed by atoms with E-state index in [0.29, 0.717) is 17.4 Å². The van der Waals surface area contributed by atoms with Crippen LogP contribution in [0.3, 0.4) is 0 Å². The molecule has 0 bridgehead atoms. The van der Waals surface area contributed by atoms with Crippen LogP contribution < -0.4 is 4.74 Å². The number of nitrogens with zero attached hydrogens (tertiary/aromatic N) is 2. The Morgan fingerprint density at radius 1 is 1.19 bits per heavy atom. The minimum absolute atomic E-state index is 0.504. The van der Waals surface area contributed by atoms with E-state index in [2.05, 4.69) is 22.0 Å². The van der Waals surface area contributed by atoms with Crippen LogP contribution in [-0.2, 0) is 19.6 Å². The van der Waals surface area contributed by atoms with E-state index in [4.69, 9.17) is 16.3 Å². The SMILES string of the molecule is CCCN1CCc2[nH]nc(-c3ccc(OCc4ccccc4)c(Cl)c3)c2C1. The van der Waals surface area contributed by atoms with Crippen LogP contribution in [0.15, 0.2) is 48.5 Å². The number of rotatable bonds is 6. The van der Waals surface area contributed by atoms with Gasteiger partial charge >= 0.3 is 0 Å². The zero-order chi connectivity index (χ0) is 18.6. The van der Waals surface area contributed by atoms with E-state index >= 15 is 0 Å². The number of aromatic nitrogens is 2. The molecule has 140 valence electrons. The molecule has 5 heteroatoms. The fraction of sp³-hybridized carbons (Fsp3) is 0.318. The lowest BCUT2D eigenvalue weighted by Crippen LogP contribution is -2.31. The van der Waals surface area contributed by atoms with Crippen molar-refractivity contribution >= 4 is 11.6 Å². The van der Waals surface area contributed by atoms with Gasteiger partial charge in [0.2, 0.25) is 0 Å². The standard InChI is InChI=1S/C22H24ClN3O/c1-2-11-26-12-10-20-18(14-26)22(25-24-20)17-8-9-21(19(23)13-17)27-15-16-6-4-3-5-7-16/h3-9,13H,2,10-12,14-15H2,1H3,(H,24,25). The van der Waals surface area contributed by atoms with E-state index in [9.17, 15) is 0 Å². The van der Waals surface area contributed by atoms with Crippen LogP contribution in [0.5, 0.6) is 5.75 Å². The Kier molecular flexibility index (Phi) is 5.46. The smallest absolute Gasteiger partial charge is 0.138 e. The van der Waals surface area contributed by atoms with E-state index < -0.39 is 0 Å². The van der Waals surface area contributed by atoms with E-state index in [-0.39, 0.29) is 0 Å². The van der Waals surface area contributed by atoms with Gasteiger partial charge in [0, 0.05) is 36.3 Å². The molecule has 27 heavy (non-hydrogen) atoms. The van der Waals surface area contributed by atoms with Crippen LogP contribution in [-0.4, -0.2) is 28.2 Å². The van der Waals surface area contributed by atoms with Crippen LogP contribution in [0.25, 0.3) is 11.3 Å². The molecule has 0 fully saturated rings. The van der Waals surface area contributed by atoms with Gasteiger partial charge in [-0.3, -0.25) is 10.00 Å². The summed E-state index contributed by atoms with van der Waals surface area (Å²) in [5, 5.41) is 8.41. The average molecular weight is 382 g/mol. The molecule has 2 heterocycles. The van der Waals surface area contributed by atoms with Crippen molar-refractivity contribution in [3.05, 3.63) is 70.4 Å². The van der Waals surface area contributed by atoms with Gasteiger partial charge in [0.05, 0.1) is 10.7 Å². The molecule has 0 atom stereocenters. The lowest BCUT2D eigenvalue weighted by atomic mass is 10.0. The summed E-state index contributed by atoms with van der Waals surface area (Å²) in [6, 6.07) is 16.0. The molecule has 1 aliphatic rings. The molecule has 1 aromatic heterocycles. The third kappa shape index (κ3) is 4.02. The Hall–Kier alpha value is -2.30. The fourth-order valence-corrected chi connectivity index (χ4v) is 3.83. The molecule has 0 aliphatic carbocycles. The number of fused-ring (bicyclic) bond motifs is 1. The monoisotopic (exact) mass is 381 g/mol. The summed E-state index contributed by atoms with van der Waals surface area (Å²) >= 11 is 6.50. The second kappa shape index (κ2) is 8.15. The van der Waals surface area contributed by atoms with E-state index in [0.717, 1.165) is 42.9 Å². The van der Waals surface area contributed by atoms with Crippen LogP contribution in [0.4, 0.5) is 0 Å². The van der Waals surface area contributed by atoms with Crippen molar-refractivity contribution in [3.63, 3.8) is 0 Å². The Labute approximate surface area is 165 Å². The molecule has 0 unspecified atom stereocenters. The Balaban J connectivity index is 1.52. The first-order chi connectivity index (χ1) is 13.2. The van der Waals surface area contributed by atoms with Gasteiger partial charge in [0.25, 0.3) is 0 Å². The predicted octanol–water partition coefficient (Wildman–Crippen LogP) is 5.08. The fourth-order valence-electron chi connectivity index (χ4n) is 3.60. The number of hydrogen-bond donors (Lipinski definition) is 1. The number of nitrogens with one attached hydrogen (secondary N) is 1. The molecule has 0 amide bonds. The minimum atomic E-state index is 0.504. The molecule has 0 saturated carbocycles. The van der Waals surface area contributed by atoms with Crippen molar-refractivity contribution in [1.82, 2.24) is 15.1 Å². The van der Waals surface area contributed by atoms with Gasteiger partial charge < -0.3 is 4.74 Å². The molecule has 0 saturated heterocycles. The summed E-state index contributed by atoms with van der Waals surface area (Å²) in [7, 11) is 0. The molecule has 4 nitrogen and oxygen atoms in total. The normalized spacial score (nSPS) is 14.1. The third-order valence-electron chi connectivity index (χ3n) is 4.99. The highest BCUT2D eigenvalue weighted by atomic mass is 35.5. The molecule has 4 rings (SSSR count). The van der Waals surface area contributed by atoms with Crippen molar-refractivity contribution in [2.45, 2.75) is 32.9 Å². The van der Waals surface area contributed by atoms with Gasteiger partial charge in [-0.15, -0.1) is 0 Å². The van der Waals surface area contributed by atoms with E-state index in [1.54, 1.807) is 0 Å². The van der Waals surface area contributed by atoms with Crippen molar-refractivity contribution in [2.75, 3.05) is 13.1 Å². The molecule has 0 spiro atoms. The van der Waals surface area contributed by atoms with Crippen LogP contribution in [0.1, 0.15) is 30.2 Å². The molecular formula is C22H24ClN3O. The second-order valence-electron chi connectivity index (χ2n) is 6.97. The number of H-pyrrole nitrogens is 1. The molecule has 1 N–H and O–H groups in total. The Morgan fingerprint density at radius 3 is 2.81 bits per heavy atom. The highest BCUT2D eigenvalue weighted by Crippen LogP contribution is 2.34.